The van der Waals surface area contributed by atoms with Gasteiger partial charge in [-0.3, -0.25) is 4.79 Å². The van der Waals surface area contributed by atoms with Gasteiger partial charge in [0.1, 0.15) is 29.1 Å². The lowest BCUT2D eigenvalue weighted by Gasteiger charge is -2.11. The normalized spacial score (nSPS) is 10.1. The van der Waals surface area contributed by atoms with Crippen molar-refractivity contribution >= 4 is 16.6 Å². The number of fused-ring (bicyclic) bond motifs is 1. The highest BCUT2D eigenvalue weighted by Crippen LogP contribution is 2.33. The zero-order valence-corrected chi connectivity index (χ0v) is 11.4. The Balaban J connectivity index is 2.54. The Morgan fingerprint density at radius 2 is 1.64 bits per heavy atom. The molecule has 0 fully saturated rings. The van der Waals surface area contributed by atoms with Crippen molar-refractivity contribution in [2.45, 2.75) is 0 Å². The van der Waals surface area contributed by atoms with Gasteiger partial charge in [0.25, 0.3) is 5.56 Å². The molecule has 5 nitrogen and oxygen atoms in total. The van der Waals surface area contributed by atoms with Gasteiger partial charge in [-0.05, 0) is 16.3 Å². The zero-order chi connectivity index (χ0) is 15.7. The summed E-state index contributed by atoms with van der Waals surface area (Å²) in [5.41, 5.74) is 6.07. The van der Waals surface area contributed by atoms with Gasteiger partial charge in [-0.2, -0.15) is 10.5 Å². The van der Waals surface area contributed by atoms with Crippen molar-refractivity contribution in [1.82, 2.24) is 4.98 Å². The smallest absolute Gasteiger partial charge is 0.268 e. The van der Waals surface area contributed by atoms with Crippen LogP contribution in [0.5, 0.6) is 0 Å². The van der Waals surface area contributed by atoms with Crippen molar-refractivity contribution in [2.24, 2.45) is 0 Å². The average molecular weight is 286 g/mol. The predicted octanol–water partition coefficient (Wildman–Crippen LogP) is 2.52. The maximum Gasteiger partial charge on any atom is 0.268 e. The first-order valence-electron chi connectivity index (χ1n) is 6.51. The summed E-state index contributed by atoms with van der Waals surface area (Å²) in [5.74, 6) is -0.0329. The molecule has 0 saturated heterocycles. The minimum absolute atomic E-state index is 0.0329. The van der Waals surface area contributed by atoms with Gasteiger partial charge >= 0.3 is 0 Å². The summed E-state index contributed by atoms with van der Waals surface area (Å²) in [6.45, 7) is 0. The van der Waals surface area contributed by atoms with Gasteiger partial charge in [0.05, 0.1) is 0 Å². The van der Waals surface area contributed by atoms with Gasteiger partial charge < -0.3 is 10.7 Å². The van der Waals surface area contributed by atoms with Crippen molar-refractivity contribution < 1.29 is 0 Å². The maximum atomic E-state index is 12.0. The number of aromatic amines is 1. The zero-order valence-electron chi connectivity index (χ0n) is 11.4. The highest BCUT2D eigenvalue weighted by Gasteiger charge is 2.19. The van der Waals surface area contributed by atoms with Crippen LogP contribution in [0.15, 0.2) is 47.3 Å². The number of rotatable bonds is 1. The lowest BCUT2D eigenvalue weighted by molar-refractivity contribution is 1.21. The summed E-state index contributed by atoms with van der Waals surface area (Å²) in [4.78, 5) is 14.3. The molecule has 5 heteroatoms. The van der Waals surface area contributed by atoms with Crippen molar-refractivity contribution in [3.8, 4) is 23.3 Å². The third-order valence-electron chi connectivity index (χ3n) is 3.53. The summed E-state index contributed by atoms with van der Waals surface area (Å²) in [7, 11) is 0. The third kappa shape index (κ3) is 1.90. The van der Waals surface area contributed by atoms with E-state index in [-0.39, 0.29) is 22.5 Å². The van der Waals surface area contributed by atoms with E-state index in [4.69, 9.17) is 5.73 Å². The molecule has 2 aromatic carbocycles. The summed E-state index contributed by atoms with van der Waals surface area (Å²) in [6.07, 6.45) is 0. The number of nitrogens with one attached hydrogen (secondary N) is 1. The van der Waals surface area contributed by atoms with E-state index < -0.39 is 5.56 Å². The topological polar surface area (TPSA) is 106 Å². The first-order chi connectivity index (χ1) is 10.7. The van der Waals surface area contributed by atoms with E-state index >= 15 is 0 Å². The molecule has 0 unspecified atom stereocenters. The fourth-order valence-electron chi connectivity index (χ4n) is 2.56. The lowest BCUT2D eigenvalue weighted by atomic mass is 9.92. The molecule has 3 aromatic rings. The van der Waals surface area contributed by atoms with Crippen LogP contribution in [-0.2, 0) is 0 Å². The van der Waals surface area contributed by atoms with Crippen LogP contribution in [0, 0.1) is 22.7 Å². The fraction of sp³-hybridized carbons (Fsp3) is 0. The van der Waals surface area contributed by atoms with Crippen LogP contribution >= 0.6 is 0 Å². The molecule has 1 aromatic heterocycles. The lowest BCUT2D eigenvalue weighted by Crippen LogP contribution is -2.16. The Bertz CT molecular complexity index is 1030. The first-order valence-corrected chi connectivity index (χ1v) is 6.51. The van der Waals surface area contributed by atoms with E-state index in [9.17, 15) is 15.3 Å². The first kappa shape index (κ1) is 13.4. The highest BCUT2D eigenvalue weighted by molar-refractivity contribution is 5.99. The Labute approximate surface area is 125 Å². The average Bonchev–Trinajstić information content (AvgIpc) is 2.54. The molecule has 0 spiro atoms. The van der Waals surface area contributed by atoms with Crippen molar-refractivity contribution in [3.05, 3.63) is 63.9 Å². The molecule has 22 heavy (non-hydrogen) atoms. The van der Waals surface area contributed by atoms with Crippen LogP contribution in [0.1, 0.15) is 11.1 Å². The standard InChI is InChI=1S/C17H10N4O/c18-8-13-15(14(9-19)17(22)21-16(13)20)12-7-3-5-10-4-1-2-6-11(10)12/h1-7H,(H3,20,21,22). The van der Waals surface area contributed by atoms with Gasteiger partial charge in [-0.25, -0.2) is 0 Å². The van der Waals surface area contributed by atoms with Crippen LogP contribution in [0.3, 0.4) is 0 Å². The molecule has 0 aliphatic heterocycles. The number of anilines is 1. The number of hydrogen-bond donors (Lipinski definition) is 2. The van der Waals surface area contributed by atoms with Crippen LogP contribution in [-0.4, -0.2) is 4.98 Å². The number of H-pyrrole nitrogens is 1. The second-order valence-corrected chi connectivity index (χ2v) is 4.74. The third-order valence-corrected chi connectivity index (χ3v) is 3.53. The summed E-state index contributed by atoms with van der Waals surface area (Å²) >= 11 is 0. The van der Waals surface area contributed by atoms with Crippen LogP contribution in [0.4, 0.5) is 5.82 Å². The Morgan fingerprint density at radius 3 is 2.36 bits per heavy atom. The molecule has 3 N–H and O–H groups in total. The van der Waals surface area contributed by atoms with Gasteiger partial charge in [0.2, 0.25) is 0 Å². The summed E-state index contributed by atoms with van der Waals surface area (Å²) in [5, 5.41) is 20.5. The summed E-state index contributed by atoms with van der Waals surface area (Å²) in [6, 6.07) is 16.9. The number of nitrogens with two attached hydrogens (primary N) is 1. The predicted molar refractivity (Wildman–Crippen MR) is 83.8 cm³/mol. The van der Waals surface area contributed by atoms with E-state index in [0.717, 1.165) is 10.8 Å². The van der Waals surface area contributed by atoms with Crippen LogP contribution < -0.4 is 11.3 Å². The second-order valence-electron chi connectivity index (χ2n) is 4.74. The van der Waals surface area contributed by atoms with Gasteiger partial charge in [-0.1, -0.05) is 42.5 Å². The molecule has 0 amide bonds. The van der Waals surface area contributed by atoms with Crippen LogP contribution in [0.25, 0.3) is 21.9 Å². The minimum Gasteiger partial charge on any atom is -0.384 e. The number of aromatic nitrogens is 1. The molecule has 0 aliphatic carbocycles. The van der Waals surface area contributed by atoms with Crippen LogP contribution in [0.2, 0.25) is 0 Å². The monoisotopic (exact) mass is 286 g/mol. The summed E-state index contributed by atoms with van der Waals surface area (Å²) < 4.78 is 0. The number of nitrogens with zero attached hydrogens (tertiary/aromatic N) is 2. The highest BCUT2D eigenvalue weighted by atomic mass is 16.1. The molecule has 3 rings (SSSR count). The second kappa shape index (κ2) is 5.08. The molecular weight excluding hydrogens is 276 g/mol. The van der Waals surface area contributed by atoms with Gasteiger partial charge in [0, 0.05) is 5.56 Å². The van der Waals surface area contributed by atoms with Crippen molar-refractivity contribution in [3.63, 3.8) is 0 Å². The molecule has 104 valence electrons. The molecule has 0 atom stereocenters. The molecular formula is C17H10N4O. The molecule has 0 saturated carbocycles. The van der Waals surface area contributed by atoms with E-state index in [1.54, 1.807) is 6.07 Å². The maximum absolute atomic E-state index is 12.0. The minimum atomic E-state index is -0.595. The van der Waals surface area contributed by atoms with Crippen molar-refractivity contribution in [1.29, 1.82) is 10.5 Å². The number of benzene rings is 2. The van der Waals surface area contributed by atoms with E-state index in [1.165, 1.54) is 0 Å². The number of nitriles is 2. The van der Waals surface area contributed by atoms with Gasteiger partial charge in [-0.15, -0.1) is 0 Å². The Kier molecular flexibility index (Phi) is 3.10. The largest absolute Gasteiger partial charge is 0.384 e. The molecule has 0 aliphatic rings. The van der Waals surface area contributed by atoms with E-state index in [0.29, 0.717) is 5.56 Å². The Morgan fingerprint density at radius 1 is 0.955 bits per heavy atom. The number of nitrogen functional groups attached to an aromatic ring is 1. The van der Waals surface area contributed by atoms with E-state index in [2.05, 4.69) is 4.98 Å². The van der Waals surface area contributed by atoms with E-state index in [1.807, 2.05) is 48.5 Å². The molecule has 0 bridgehead atoms. The molecule has 1 heterocycles. The van der Waals surface area contributed by atoms with Gasteiger partial charge in [0.15, 0.2) is 0 Å². The Hall–Kier alpha value is -3.57. The van der Waals surface area contributed by atoms with Crippen molar-refractivity contribution in [2.75, 3.05) is 5.73 Å². The SMILES string of the molecule is N#Cc1c(N)[nH]c(=O)c(C#N)c1-c1cccc2ccccc12. The quantitative estimate of drug-likeness (QED) is 0.716. The fourth-order valence-corrected chi connectivity index (χ4v) is 2.56. The molecule has 0 radical (unpaired) electrons. The number of pyridine rings is 1. The number of hydrogen-bond acceptors (Lipinski definition) is 4.